The summed E-state index contributed by atoms with van der Waals surface area (Å²) in [4.78, 5) is 23.9. The van der Waals surface area contributed by atoms with E-state index >= 15 is 0 Å². The van der Waals surface area contributed by atoms with Gasteiger partial charge in [0.05, 0.1) is 49.8 Å². The van der Waals surface area contributed by atoms with Gasteiger partial charge in [0, 0.05) is 12.8 Å². The van der Waals surface area contributed by atoms with Gasteiger partial charge in [0.25, 0.3) is 0 Å². The molecule has 0 radical (unpaired) electrons. The standard InChI is InChI=1S/C16H18O7/c17-12-6-10(15(18)20-3-1-13-8-22-13)5-11(7-12)16(19)21-4-2-14-9-23-14/h5-7,13-14,17H,1-4,8-9H2/t13-,14?/m1/s1. The molecule has 1 aromatic carbocycles. The van der Waals surface area contributed by atoms with E-state index in [0.717, 1.165) is 0 Å². The van der Waals surface area contributed by atoms with Gasteiger partial charge in [-0.05, 0) is 18.2 Å². The van der Waals surface area contributed by atoms with Crippen LogP contribution in [0.1, 0.15) is 33.6 Å². The van der Waals surface area contributed by atoms with Crippen molar-refractivity contribution in [3.63, 3.8) is 0 Å². The highest BCUT2D eigenvalue weighted by Gasteiger charge is 2.24. The Bertz CT molecular complexity index is 542. The normalized spacial score (nSPS) is 21.6. The highest BCUT2D eigenvalue weighted by Crippen LogP contribution is 2.19. The number of phenols is 1. The first-order valence-electron chi connectivity index (χ1n) is 7.53. The van der Waals surface area contributed by atoms with Crippen LogP contribution < -0.4 is 0 Å². The first-order chi connectivity index (χ1) is 11.1. The highest BCUT2D eigenvalue weighted by molar-refractivity contribution is 5.96. The second-order valence-electron chi connectivity index (χ2n) is 5.53. The van der Waals surface area contributed by atoms with Crippen LogP contribution in [0.5, 0.6) is 5.75 Å². The van der Waals surface area contributed by atoms with Crippen molar-refractivity contribution in [3.8, 4) is 5.75 Å². The molecule has 1 unspecified atom stereocenters. The molecule has 2 heterocycles. The maximum absolute atomic E-state index is 11.9. The third kappa shape index (κ3) is 4.94. The van der Waals surface area contributed by atoms with Gasteiger partial charge in [-0.2, -0.15) is 0 Å². The van der Waals surface area contributed by atoms with Gasteiger partial charge in [0.1, 0.15) is 5.75 Å². The van der Waals surface area contributed by atoms with Crippen LogP contribution in [0.15, 0.2) is 18.2 Å². The van der Waals surface area contributed by atoms with E-state index in [2.05, 4.69) is 0 Å². The lowest BCUT2D eigenvalue weighted by Crippen LogP contribution is -2.11. The number of carbonyl (C=O) groups is 2. The van der Waals surface area contributed by atoms with E-state index in [1.807, 2.05) is 0 Å². The van der Waals surface area contributed by atoms with Crippen LogP contribution in [0.3, 0.4) is 0 Å². The minimum atomic E-state index is -0.595. The Morgan fingerprint density at radius 1 is 0.957 bits per heavy atom. The smallest absolute Gasteiger partial charge is 0.338 e. The Kier molecular flexibility index (Phi) is 4.78. The zero-order valence-corrected chi connectivity index (χ0v) is 12.5. The predicted molar refractivity (Wildman–Crippen MR) is 77.4 cm³/mol. The summed E-state index contributed by atoms with van der Waals surface area (Å²) in [6.07, 6.45) is 1.63. The molecule has 3 rings (SSSR count). The first kappa shape index (κ1) is 15.8. The van der Waals surface area contributed by atoms with Crippen LogP contribution in [-0.2, 0) is 18.9 Å². The minimum absolute atomic E-state index is 0.110. The third-order valence-corrected chi connectivity index (χ3v) is 3.54. The average Bonchev–Trinajstić information content (AvgIpc) is 3.41. The molecule has 2 saturated heterocycles. The average molecular weight is 322 g/mol. The Morgan fingerprint density at radius 2 is 1.39 bits per heavy atom. The lowest BCUT2D eigenvalue weighted by molar-refractivity contribution is 0.0491. The number of benzene rings is 1. The lowest BCUT2D eigenvalue weighted by Gasteiger charge is -2.08. The second kappa shape index (κ2) is 6.97. The van der Waals surface area contributed by atoms with E-state index in [1.165, 1.54) is 18.2 Å². The van der Waals surface area contributed by atoms with Crippen molar-refractivity contribution in [2.24, 2.45) is 0 Å². The molecular formula is C16H18O7. The fraction of sp³-hybridized carbons (Fsp3) is 0.500. The SMILES string of the molecule is O=C(OCCC1CO1)c1cc(O)cc(C(=O)OCC[C@@H]2CO2)c1. The molecule has 7 nitrogen and oxygen atoms in total. The number of ether oxygens (including phenoxy) is 4. The molecule has 2 fully saturated rings. The zero-order valence-electron chi connectivity index (χ0n) is 12.5. The molecule has 2 atom stereocenters. The van der Waals surface area contributed by atoms with Gasteiger partial charge in [-0.15, -0.1) is 0 Å². The van der Waals surface area contributed by atoms with Crippen molar-refractivity contribution in [1.82, 2.24) is 0 Å². The molecule has 0 amide bonds. The van der Waals surface area contributed by atoms with Gasteiger partial charge >= 0.3 is 11.9 Å². The lowest BCUT2D eigenvalue weighted by atomic mass is 10.1. The molecule has 1 N–H and O–H groups in total. The summed E-state index contributed by atoms with van der Waals surface area (Å²) in [5, 5.41) is 9.68. The topological polar surface area (TPSA) is 97.9 Å². The number of carbonyl (C=O) groups excluding carboxylic acids is 2. The van der Waals surface area contributed by atoms with Gasteiger partial charge in [-0.1, -0.05) is 0 Å². The molecule has 0 bridgehead atoms. The van der Waals surface area contributed by atoms with Crippen molar-refractivity contribution >= 4 is 11.9 Å². The van der Waals surface area contributed by atoms with Crippen molar-refractivity contribution in [3.05, 3.63) is 29.3 Å². The van der Waals surface area contributed by atoms with Gasteiger partial charge in [0.15, 0.2) is 0 Å². The van der Waals surface area contributed by atoms with Gasteiger partial charge in [0.2, 0.25) is 0 Å². The maximum Gasteiger partial charge on any atom is 0.338 e. The number of esters is 2. The quantitative estimate of drug-likeness (QED) is 0.568. The van der Waals surface area contributed by atoms with Gasteiger partial charge < -0.3 is 24.1 Å². The van der Waals surface area contributed by atoms with Crippen LogP contribution in [0.4, 0.5) is 0 Å². The molecular weight excluding hydrogens is 304 g/mol. The summed E-state index contributed by atoms with van der Waals surface area (Å²) >= 11 is 0. The number of hydrogen-bond donors (Lipinski definition) is 1. The van der Waals surface area contributed by atoms with E-state index in [4.69, 9.17) is 18.9 Å². The van der Waals surface area contributed by atoms with Crippen molar-refractivity contribution in [2.75, 3.05) is 26.4 Å². The van der Waals surface area contributed by atoms with E-state index < -0.39 is 11.9 Å². The van der Waals surface area contributed by atoms with Gasteiger partial charge in [-0.25, -0.2) is 9.59 Å². The Hall–Kier alpha value is -2.12. The number of rotatable bonds is 8. The van der Waals surface area contributed by atoms with Gasteiger partial charge in [-0.3, -0.25) is 0 Å². The molecule has 0 saturated carbocycles. The summed E-state index contributed by atoms with van der Waals surface area (Å²) < 4.78 is 20.2. The molecule has 2 aliphatic rings. The summed E-state index contributed by atoms with van der Waals surface area (Å²) in [6.45, 7) is 1.87. The van der Waals surface area contributed by atoms with Crippen LogP contribution >= 0.6 is 0 Å². The van der Waals surface area contributed by atoms with Crippen LogP contribution in [0.25, 0.3) is 0 Å². The largest absolute Gasteiger partial charge is 0.508 e. The summed E-state index contributed by atoms with van der Waals surface area (Å²) in [5.41, 5.74) is 0.221. The molecule has 7 heteroatoms. The monoisotopic (exact) mass is 322 g/mol. The summed E-state index contributed by atoms with van der Waals surface area (Å²) in [7, 11) is 0. The third-order valence-electron chi connectivity index (χ3n) is 3.54. The fourth-order valence-corrected chi connectivity index (χ4v) is 2.05. The summed E-state index contributed by atoms with van der Waals surface area (Å²) in [6, 6.07) is 3.86. The molecule has 0 aliphatic carbocycles. The highest BCUT2D eigenvalue weighted by atomic mass is 16.6. The van der Waals surface area contributed by atoms with Crippen molar-refractivity contribution in [1.29, 1.82) is 0 Å². The molecule has 2 aliphatic heterocycles. The molecule has 0 spiro atoms. The zero-order chi connectivity index (χ0) is 16.2. The predicted octanol–water partition coefficient (Wildman–Crippen LogP) is 1.28. The Balaban J connectivity index is 1.55. The molecule has 1 aromatic rings. The first-order valence-corrected chi connectivity index (χ1v) is 7.53. The van der Waals surface area contributed by atoms with Crippen molar-refractivity contribution < 1.29 is 33.6 Å². The van der Waals surface area contributed by atoms with E-state index in [1.54, 1.807) is 0 Å². The Morgan fingerprint density at radius 3 is 1.78 bits per heavy atom. The number of aromatic hydroxyl groups is 1. The summed E-state index contributed by atoms with van der Waals surface area (Å²) in [5.74, 6) is -1.38. The minimum Gasteiger partial charge on any atom is -0.508 e. The van der Waals surface area contributed by atoms with E-state index in [-0.39, 0.29) is 42.3 Å². The fourth-order valence-electron chi connectivity index (χ4n) is 2.05. The number of epoxide rings is 2. The van der Waals surface area contributed by atoms with E-state index in [0.29, 0.717) is 26.1 Å². The molecule has 124 valence electrons. The van der Waals surface area contributed by atoms with Crippen molar-refractivity contribution in [2.45, 2.75) is 25.0 Å². The number of hydrogen-bond acceptors (Lipinski definition) is 7. The Labute approximate surface area is 133 Å². The van der Waals surface area contributed by atoms with Crippen LogP contribution in [-0.4, -0.2) is 55.7 Å². The maximum atomic E-state index is 11.9. The number of phenolic OH excluding ortho intramolecular Hbond substituents is 1. The van der Waals surface area contributed by atoms with Crippen LogP contribution in [0.2, 0.25) is 0 Å². The van der Waals surface area contributed by atoms with Crippen LogP contribution in [0, 0.1) is 0 Å². The molecule has 23 heavy (non-hydrogen) atoms. The molecule has 0 aromatic heterocycles. The second-order valence-corrected chi connectivity index (χ2v) is 5.53. The van der Waals surface area contributed by atoms with E-state index in [9.17, 15) is 14.7 Å².